The van der Waals surface area contributed by atoms with Crippen LogP contribution in [0.3, 0.4) is 0 Å². The first-order valence-electron chi connectivity index (χ1n) is 10.8. The Morgan fingerprint density at radius 1 is 1.24 bits per heavy atom. The van der Waals surface area contributed by atoms with Crippen LogP contribution >= 0.6 is 0 Å². The molecule has 1 fully saturated rings. The lowest BCUT2D eigenvalue weighted by Gasteiger charge is -2.46. The van der Waals surface area contributed by atoms with Crippen LogP contribution in [-0.4, -0.2) is 41.3 Å². The fraction of sp³-hybridized carbons (Fsp3) is 0.417. The summed E-state index contributed by atoms with van der Waals surface area (Å²) >= 11 is 0. The lowest BCUT2D eigenvalue weighted by molar-refractivity contribution is -0.223. The van der Waals surface area contributed by atoms with Crippen LogP contribution in [0.2, 0.25) is 0 Å². The van der Waals surface area contributed by atoms with Gasteiger partial charge in [-0.15, -0.1) is 0 Å². The first-order chi connectivity index (χ1) is 15.7. The smallest absolute Gasteiger partial charge is 0.205 e. The summed E-state index contributed by atoms with van der Waals surface area (Å²) in [6.07, 6.45) is -0.0172. The summed E-state index contributed by atoms with van der Waals surface area (Å²) < 4.78 is 18.2. The molecule has 0 aliphatic carbocycles. The number of rotatable bonds is 4. The van der Waals surface area contributed by atoms with Gasteiger partial charge in [-0.2, -0.15) is 5.26 Å². The summed E-state index contributed by atoms with van der Waals surface area (Å²) in [6.45, 7) is 6.30. The molecule has 0 saturated carbocycles. The number of anilines is 1. The normalized spacial score (nSPS) is 28.3. The van der Waals surface area contributed by atoms with E-state index in [-0.39, 0.29) is 5.96 Å². The Kier molecular flexibility index (Phi) is 6.17. The molecule has 0 radical (unpaired) electrons. The summed E-state index contributed by atoms with van der Waals surface area (Å²) in [7, 11) is 0. The summed E-state index contributed by atoms with van der Waals surface area (Å²) in [6, 6.07) is 14.2. The number of nitrogen functional groups attached to an aromatic ring is 1. The fourth-order valence-electron chi connectivity index (χ4n) is 4.04. The number of aliphatic imine (C=N–C) groups is 1. The molecular weight excluding hydrogens is 422 g/mol. The minimum atomic E-state index is -1.23. The van der Waals surface area contributed by atoms with Gasteiger partial charge in [0.25, 0.3) is 0 Å². The van der Waals surface area contributed by atoms with E-state index < -0.39 is 29.6 Å². The maximum absolute atomic E-state index is 11.5. The number of fused-ring (bicyclic) bond motifs is 1. The fourth-order valence-corrected chi connectivity index (χ4v) is 4.04. The van der Waals surface area contributed by atoms with Crippen molar-refractivity contribution in [3.05, 3.63) is 59.7 Å². The number of hydrogen-bond donors (Lipinski definition) is 4. The number of aliphatic hydroxyl groups is 1. The number of nitrogens with zero attached hydrogens (tertiary/aromatic N) is 2. The molecule has 2 aliphatic rings. The number of hydrogen-bond acceptors (Lipinski definition) is 7. The van der Waals surface area contributed by atoms with E-state index in [0.717, 1.165) is 5.56 Å². The molecular formula is C24H29N5O4. The van der Waals surface area contributed by atoms with Gasteiger partial charge in [-0.05, 0) is 44.5 Å². The first-order valence-corrected chi connectivity index (χ1v) is 10.8. The highest BCUT2D eigenvalue weighted by molar-refractivity contribution is 5.82. The Balaban J connectivity index is 1.67. The van der Waals surface area contributed by atoms with Gasteiger partial charge in [0.05, 0.1) is 24.8 Å². The number of benzene rings is 2. The number of nitrogens with two attached hydrogens (primary N) is 1. The van der Waals surface area contributed by atoms with Crippen LogP contribution in [0.4, 0.5) is 5.69 Å². The average molecular weight is 452 g/mol. The molecule has 2 heterocycles. The molecule has 2 aromatic rings. The Labute approximate surface area is 193 Å². The van der Waals surface area contributed by atoms with Crippen LogP contribution in [0, 0.1) is 11.5 Å². The summed E-state index contributed by atoms with van der Waals surface area (Å²) in [5, 5.41) is 26.5. The highest BCUT2D eigenvalue weighted by atomic mass is 16.8. The molecule has 1 unspecified atom stereocenters. The number of ether oxygens (including phenoxy) is 3. The van der Waals surface area contributed by atoms with E-state index in [2.05, 4.69) is 15.6 Å². The zero-order valence-electron chi connectivity index (χ0n) is 18.9. The van der Waals surface area contributed by atoms with Crippen molar-refractivity contribution in [2.45, 2.75) is 57.0 Å². The third-order valence-corrected chi connectivity index (χ3v) is 5.81. The molecule has 0 amide bonds. The van der Waals surface area contributed by atoms with E-state index in [4.69, 9.17) is 19.9 Å². The number of guanidine groups is 1. The second kappa shape index (κ2) is 8.90. The monoisotopic (exact) mass is 451 g/mol. The van der Waals surface area contributed by atoms with Gasteiger partial charge in [0.1, 0.15) is 11.9 Å². The van der Waals surface area contributed by atoms with Crippen molar-refractivity contribution in [2.24, 2.45) is 4.99 Å². The second-order valence-electron chi connectivity index (χ2n) is 9.06. The lowest BCUT2D eigenvalue weighted by atomic mass is 9.84. The molecule has 2 aliphatic heterocycles. The van der Waals surface area contributed by atoms with Gasteiger partial charge in [0.2, 0.25) is 12.2 Å². The van der Waals surface area contributed by atoms with Crippen LogP contribution in [0.25, 0.3) is 0 Å². The molecule has 9 heteroatoms. The van der Waals surface area contributed by atoms with Crippen LogP contribution in [0.15, 0.2) is 53.5 Å². The maximum Gasteiger partial charge on any atom is 0.205 e. The van der Waals surface area contributed by atoms with Gasteiger partial charge in [-0.3, -0.25) is 5.32 Å². The van der Waals surface area contributed by atoms with E-state index in [0.29, 0.717) is 30.2 Å². The molecule has 4 atom stereocenters. The Hall–Kier alpha value is -3.32. The van der Waals surface area contributed by atoms with Crippen molar-refractivity contribution in [3.8, 4) is 11.9 Å². The molecule has 33 heavy (non-hydrogen) atoms. The van der Waals surface area contributed by atoms with E-state index in [9.17, 15) is 10.4 Å². The van der Waals surface area contributed by atoms with Crippen LogP contribution < -0.4 is 21.1 Å². The molecule has 9 nitrogen and oxygen atoms in total. The molecule has 174 valence electrons. The highest BCUT2D eigenvalue weighted by Crippen LogP contribution is 2.45. The minimum absolute atomic E-state index is 0.219. The van der Waals surface area contributed by atoms with E-state index >= 15 is 0 Å². The number of aliphatic hydroxyl groups excluding tert-OH is 1. The van der Waals surface area contributed by atoms with Crippen molar-refractivity contribution < 1.29 is 19.3 Å². The molecule has 0 bridgehead atoms. The van der Waals surface area contributed by atoms with E-state index in [1.54, 1.807) is 25.1 Å². The Bertz CT molecular complexity index is 1070. The molecule has 2 aromatic carbocycles. The summed E-state index contributed by atoms with van der Waals surface area (Å²) in [5.74, 6) is 0.752. The largest absolute Gasteiger partial charge is 0.479 e. The van der Waals surface area contributed by atoms with Crippen molar-refractivity contribution in [1.82, 2.24) is 10.6 Å². The van der Waals surface area contributed by atoms with Gasteiger partial charge in [-0.1, -0.05) is 30.3 Å². The highest BCUT2D eigenvalue weighted by Gasteiger charge is 2.56. The second-order valence-corrected chi connectivity index (χ2v) is 9.06. The third-order valence-electron chi connectivity index (χ3n) is 5.81. The third kappa shape index (κ3) is 4.73. The van der Waals surface area contributed by atoms with Gasteiger partial charge < -0.3 is 30.4 Å². The average Bonchev–Trinajstić information content (AvgIpc) is 3.17. The predicted molar refractivity (Wildman–Crippen MR) is 123 cm³/mol. The van der Waals surface area contributed by atoms with Crippen molar-refractivity contribution >= 4 is 11.6 Å². The van der Waals surface area contributed by atoms with Gasteiger partial charge in [0, 0.05) is 11.3 Å². The van der Waals surface area contributed by atoms with E-state index in [1.165, 1.54) is 0 Å². The Morgan fingerprint density at radius 3 is 2.67 bits per heavy atom. The van der Waals surface area contributed by atoms with Gasteiger partial charge >= 0.3 is 0 Å². The van der Waals surface area contributed by atoms with Crippen LogP contribution in [0.1, 0.15) is 37.9 Å². The molecule has 0 aromatic heterocycles. The molecule has 0 spiro atoms. The van der Waals surface area contributed by atoms with Crippen molar-refractivity contribution in [1.29, 1.82) is 5.26 Å². The predicted octanol–water partition coefficient (Wildman–Crippen LogP) is 2.19. The summed E-state index contributed by atoms with van der Waals surface area (Å²) in [5.41, 5.74) is 6.43. The topological polar surface area (TPSA) is 134 Å². The molecule has 4 rings (SSSR count). The maximum atomic E-state index is 11.5. The van der Waals surface area contributed by atoms with Crippen molar-refractivity contribution in [2.75, 3.05) is 12.3 Å². The quantitative estimate of drug-likeness (QED) is 0.183. The lowest BCUT2D eigenvalue weighted by Crippen LogP contribution is -2.62. The van der Waals surface area contributed by atoms with Crippen LogP contribution in [-0.2, 0) is 16.0 Å². The molecule has 5 N–H and O–H groups in total. The van der Waals surface area contributed by atoms with Crippen molar-refractivity contribution in [3.63, 3.8) is 0 Å². The number of nitriles is 1. The van der Waals surface area contributed by atoms with E-state index in [1.807, 2.05) is 50.4 Å². The summed E-state index contributed by atoms with van der Waals surface area (Å²) in [4.78, 5) is 4.50. The van der Waals surface area contributed by atoms with Gasteiger partial charge in [-0.25, -0.2) is 4.99 Å². The Morgan fingerprint density at radius 2 is 2.00 bits per heavy atom. The SMILES string of the molecule is CC1(C)COC([C@@]2(C)Oc3ccc(N)cc3[C@@H](NC(=NCc3ccccc3)NC#N)[C@@H]2O)O1. The zero-order valence-corrected chi connectivity index (χ0v) is 18.9. The minimum Gasteiger partial charge on any atom is -0.479 e. The zero-order chi connectivity index (χ0) is 23.6. The molecule has 1 saturated heterocycles. The number of nitrogens with one attached hydrogen (secondary N) is 2. The van der Waals surface area contributed by atoms with Gasteiger partial charge in [0.15, 0.2) is 11.8 Å². The van der Waals surface area contributed by atoms with Crippen LogP contribution in [0.5, 0.6) is 5.75 Å². The standard InChI is InChI=1S/C24H29N5O4/c1-23(2)13-31-21(33-23)24(3)20(30)19(17-11-16(26)9-10-18(17)32-24)29-22(28-14-25)27-12-15-7-5-4-6-8-15/h4-11,19-21,30H,12-13,26H2,1-3H3,(H2,27,28,29)/t19-,20+,21?,24+/m1/s1. The first kappa shape index (κ1) is 22.9.